The van der Waals surface area contributed by atoms with Crippen LogP contribution in [-0.4, -0.2) is 11.6 Å². The molecule has 0 spiro atoms. The van der Waals surface area contributed by atoms with Gasteiger partial charge in [-0.2, -0.15) is 0 Å². The maximum atomic E-state index is 13.8. The van der Waals surface area contributed by atoms with E-state index in [1.165, 1.54) is 30.2 Å². The van der Waals surface area contributed by atoms with Crippen LogP contribution >= 0.6 is 22.9 Å². The Labute approximate surface area is 132 Å². The Morgan fingerprint density at radius 1 is 1.38 bits per heavy atom. The zero-order valence-electron chi connectivity index (χ0n) is 11.6. The Morgan fingerprint density at radius 2 is 2.24 bits per heavy atom. The van der Waals surface area contributed by atoms with E-state index in [0.29, 0.717) is 24.7 Å². The molecule has 2 aromatic rings. The summed E-state index contributed by atoms with van der Waals surface area (Å²) in [7, 11) is 0. The number of hydrogen-bond acceptors (Lipinski definition) is 3. The van der Waals surface area contributed by atoms with Gasteiger partial charge in [-0.05, 0) is 30.5 Å². The first-order valence-electron chi connectivity index (χ1n) is 7.13. The molecule has 0 saturated heterocycles. The standard InChI is InChI=1S/C16H17ClFNOS/c17-8-14-10-21-16(19-14)12-3-4-15(18)13(7-12)9-20-6-5-11-1-2-11/h3-4,7,10-11H,1-2,5-6,8-9H2. The predicted octanol–water partition coefficient (Wildman–Crippen LogP) is 5.00. The number of nitrogens with zero attached hydrogens (tertiary/aromatic N) is 1. The van der Waals surface area contributed by atoms with Gasteiger partial charge in [-0.25, -0.2) is 9.37 Å². The largest absolute Gasteiger partial charge is 0.377 e. The minimum atomic E-state index is -0.223. The molecular weight excluding hydrogens is 309 g/mol. The van der Waals surface area contributed by atoms with Crippen molar-refractivity contribution in [2.45, 2.75) is 31.7 Å². The van der Waals surface area contributed by atoms with Crippen molar-refractivity contribution in [3.8, 4) is 10.6 Å². The minimum Gasteiger partial charge on any atom is -0.377 e. The van der Waals surface area contributed by atoms with Crippen molar-refractivity contribution in [2.75, 3.05) is 6.61 Å². The van der Waals surface area contributed by atoms with E-state index < -0.39 is 0 Å². The van der Waals surface area contributed by atoms with Crippen LogP contribution in [0.1, 0.15) is 30.5 Å². The van der Waals surface area contributed by atoms with Crippen molar-refractivity contribution in [1.82, 2.24) is 4.98 Å². The van der Waals surface area contributed by atoms with Crippen molar-refractivity contribution in [3.63, 3.8) is 0 Å². The molecule has 0 unspecified atom stereocenters. The summed E-state index contributed by atoms with van der Waals surface area (Å²) in [4.78, 5) is 4.42. The molecule has 2 nitrogen and oxygen atoms in total. The summed E-state index contributed by atoms with van der Waals surface area (Å²) >= 11 is 7.29. The molecule has 112 valence electrons. The lowest BCUT2D eigenvalue weighted by Gasteiger charge is -2.07. The maximum Gasteiger partial charge on any atom is 0.128 e. The zero-order valence-corrected chi connectivity index (χ0v) is 13.2. The predicted molar refractivity (Wildman–Crippen MR) is 84.1 cm³/mol. The van der Waals surface area contributed by atoms with Gasteiger partial charge >= 0.3 is 0 Å². The first-order valence-corrected chi connectivity index (χ1v) is 8.54. The molecule has 1 aromatic carbocycles. The normalized spacial score (nSPS) is 14.6. The van der Waals surface area contributed by atoms with E-state index in [1.807, 2.05) is 11.4 Å². The van der Waals surface area contributed by atoms with Gasteiger partial charge in [-0.15, -0.1) is 22.9 Å². The molecule has 1 aromatic heterocycles. The Bertz CT molecular complexity index is 612. The van der Waals surface area contributed by atoms with Gasteiger partial charge in [-0.1, -0.05) is 12.8 Å². The Hall–Kier alpha value is -0.970. The topological polar surface area (TPSA) is 22.1 Å². The van der Waals surface area contributed by atoms with Crippen LogP contribution in [0.25, 0.3) is 10.6 Å². The van der Waals surface area contributed by atoms with Gasteiger partial charge in [0.2, 0.25) is 0 Å². The summed E-state index contributed by atoms with van der Waals surface area (Å²) in [6.45, 7) is 1.03. The fourth-order valence-electron chi connectivity index (χ4n) is 2.16. The molecule has 1 fully saturated rings. The number of ether oxygens (including phenoxy) is 1. The number of thiazole rings is 1. The Kier molecular flexibility index (Phi) is 4.88. The number of alkyl halides is 1. The zero-order chi connectivity index (χ0) is 14.7. The molecule has 0 bridgehead atoms. The van der Waals surface area contributed by atoms with Gasteiger partial charge in [0.25, 0.3) is 0 Å². The number of hydrogen-bond donors (Lipinski definition) is 0. The lowest BCUT2D eigenvalue weighted by atomic mass is 10.1. The lowest BCUT2D eigenvalue weighted by molar-refractivity contribution is 0.113. The van der Waals surface area contributed by atoms with Gasteiger partial charge in [0, 0.05) is 23.1 Å². The highest BCUT2D eigenvalue weighted by molar-refractivity contribution is 7.13. The van der Waals surface area contributed by atoms with Gasteiger partial charge in [-0.3, -0.25) is 0 Å². The van der Waals surface area contributed by atoms with Crippen LogP contribution in [0.3, 0.4) is 0 Å². The van der Waals surface area contributed by atoms with Crippen LogP contribution in [0.5, 0.6) is 0 Å². The number of rotatable bonds is 7. The summed E-state index contributed by atoms with van der Waals surface area (Å²) in [5.41, 5.74) is 2.35. The lowest BCUT2D eigenvalue weighted by Crippen LogP contribution is -1.99. The second-order valence-corrected chi connectivity index (χ2v) is 6.49. The third kappa shape index (κ3) is 4.02. The molecule has 0 radical (unpaired) electrons. The van der Waals surface area contributed by atoms with Crippen molar-refractivity contribution >= 4 is 22.9 Å². The molecule has 3 rings (SSSR count). The minimum absolute atomic E-state index is 0.223. The summed E-state index contributed by atoms with van der Waals surface area (Å²) in [6, 6.07) is 5.06. The molecular formula is C16H17ClFNOS. The smallest absolute Gasteiger partial charge is 0.128 e. The molecule has 1 aliphatic carbocycles. The maximum absolute atomic E-state index is 13.8. The molecule has 21 heavy (non-hydrogen) atoms. The second kappa shape index (κ2) is 6.86. The Morgan fingerprint density at radius 3 is 2.95 bits per heavy atom. The molecule has 1 heterocycles. The molecule has 5 heteroatoms. The molecule has 0 N–H and O–H groups in total. The van der Waals surface area contributed by atoms with Crippen molar-refractivity contribution in [2.24, 2.45) is 5.92 Å². The van der Waals surface area contributed by atoms with Crippen LogP contribution in [0.2, 0.25) is 0 Å². The highest BCUT2D eigenvalue weighted by Gasteiger charge is 2.20. The van der Waals surface area contributed by atoms with Crippen molar-refractivity contribution < 1.29 is 9.13 Å². The van der Waals surface area contributed by atoms with E-state index in [-0.39, 0.29) is 5.82 Å². The van der Waals surface area contributed by atoms with E-state index in [1.54, 1.807) is 6.07 Å². The summed E-state index contributed by atoms with van der Waals surface area (Å²) < 4.78 is 19.4. The second-order valence-electron chi connectivity index (χ2n) is 5.37. The molecule has 0 aliphatic heterocycles. The average Bonchev–Trinajstić information content (AvgIpc) is 3.20. The number of benzene rings is 1. The summed E-state index contributed by atoms with van der Waals surface area (Å²) in [6.07, 6.45) is 3.73. The van der Waals surface area contributed by atoms with Gasteiger partial charge in [0.05, 0.1) is 18.2 Å². The summed E-state index contributed by atoms with van der Waals surface area (Å²) in [5.74, 6) is 1.01. The third-order valence-corrected chi connectivity index (χ3v) is 4.82. The SMILES string of the molecule is Fc1ccc(-c2nc(CCl)cs2)cc1COCCC1CC1. The molecule has 0 amide bonds. The van der Waals surface area contributed by atoms with Crippen LogP contribution in [0.4, 0.5) is 4.39 Å². The average molecular weight is 326 g/mol. The van der Waals surface area contributed by atoms with Crippen LogP contribution < -0.4 is 0 Å². The van der Waals surface area contributed by atoms with Crippen LogP contribution in [0.15, 0.2) is 23.6 Å². The van der Waals surface area contributed by atoms with E-state index in [2.05, 4.69) is 4.98 Å². The van der Waals surface area contributed by atoms with Crippen LogP contribution in [-0.2, 0) is 17.2 Å². The molecule has 1 saturated carbocycles. The van der Waals surface area contributed by atoms with Crippen molar-refractivity contribution in [1.29, 1.82) is 0 Å². The first kappa shape index (κ1) is 14.9. The van der Waals surface area contributed by atoms with Crippen molar-refractivity contribution in [3.05, 3.63) is 40.7 Å². The van der Waals surface area contributed by atoms with E-state index in [9.17, 15) is 4.39 Å². The van der Waals surface area contributed by atoms with Gasteiger partial charge in [0.15, 0.2) is 0 Å². The van der Waals surface area contributed by atoms with Gasteiger partial charge < -0.3 is 4.74 Å². The quantitative estimate of drug-likeness (QED) is 0.527. The molecule has 1 aliphatic rings. The third-order valence-electron chi connectivity index (χ3n) is 3.61. The van der Waals surface area contributed by atoms with E-state index in [0.717, 1.165) is 28.6 Å². The van der Waals surface area contributed by atoms with Gasteiger partial charge in [0.1, 0.15) is 10.8 Å². The number of halogens is 2. The first-order chi connectivity index (χ1) is 10.3. The van der Waals surface area contributed by atoms with Crippen LogP contribution in [0, 0.1) is 11.7 Å². The fraction of sp³-hybridized carbons (Fsp3) is 0.438. The molecule has 0 atom stereocenters. The fourth-order valence-corrected chi connectivity index (χ4v) is 3.20. The highest BCUT2D eigenvalue weighted by atomic mass is 35.5. The van der Waals surface area contributed by atoms with E-state index >= 15 is 0 Å². The van der Waals surface area contributed by atoms with E-state index in [4.69, 9.17) is 16.3 Å². The highest BCUT2D eigenvalue weighted by Crippen LogP contribution is 2.32. The number of aromatic nitrogens is 1. The monoisotopic (exact) mass is 325 g/mol. The Balaban J connectivity index is 1.66. The summed E-state index contributed by atoms with van der Waals surface area (Å²) in [5, 5.41) is 2.79.